The third-order valence-electron chi connectivity index (χ3n) is 4.75. The fraction of sp³-hybridized carbons (Fsp3) is 0.150. The van der Waals surface area contributed by atoms with Gasteiger partial charge < -0.3 is 10.1 Å². The van der Waals surface area contributed by atoms with Gasteiger partial charge in [-0.3, -0.25) is 29.4 Å². The van der Waals surface area contributed by atoms with E-state index < -0.39 is 16.7 Å². The molecule has 3 amide bonds. The van der Waals surface area contributed by atoms with Crippen LogP contribution in [-0.2, 0) is 17.9 Å². The van der Waals surface area contributed by atoms with Crippen LogP contribution in [0.4, 0.5) is 11.4 Å². The molecule has 0 atom stereocenters. The van der Waals surface area contributed by atoms with Crippen LogP contribution >= 0.6 is 0 Å². The van der Waals surface area contributed by atoms with Crippen molar-refractivity contribution in [2.24, 2.45) is 0 Å². The van der Waals surface area contributed by atoms with Crippen molar-refractivity contribution in [3.8, 4) is 5.75 Å². The van der Waals surface area contributed by atoms with Gasteiger partial charge >= 0.3 is 0 Å². The zero-order valence-electron chi connectivity index (χ0n) is 16.7. The maximum atomic E-state index is 12.6. The van der Waals surface area contributed by atoms with E-state index >= 15 is 0 Å². The number of hydrogen-bond donors (Lipinski definition) is 1. The van der Waals surface area contributed by atoms with Crippen LogP contribution in [0.25, 0.3) is 0 Å². The van der Waals surface area contributed by atoms with Crippen molar-refractivity contribution in [3.05, 3.63) is 75.6 Å². The number of fused-ring (bicyclic) bond motifs is 1. The predicted molar refractivity (Wildman–Crippen MR) is 109 cm³/mol. The van der Waals surface area contributed by atoms with Crippen molar-refractivity contribution in [2.45, 2.75) is 13.1 Å². The summed E-state index contributed by atoms with van der Waals surface area (Å²) in [6.07, 6.45) is 1.44. The van der Waals surface area contributed by atoms with E-state index in [1.54, 1.807) is 31.4 Å². The third kappa shape index (κ3) is 4.01. The summed E-state index contributed by atoms with van der Waals surface area (Å²) in [5, 5.41) is 21.4. The van der Waals surface area contributed by atoms with Crippen molar-refractivity contribution in [1.82, 2.24) is 19.9 Å². The van der Waals surface area contributed by atoms with Crippen molar-refractivity contribution in [2.75, 3.05) is 12.4 Å². The number of nitro benzene ring substituents is 1. The van der Waals surface area contributed by atoms with Crippen molar-refractivity contribution >= 4 is 29.1 Å². The second kappa shape index (κ2) is 8.26. The summed E-state index contributed by atoms with van der Waals surface area (Å²) in [5.41, 5.74) is 0.644. The SMILES string of the molecule is COc1ccc(NC(=O)Cn2cc(CN3C(=O)c4ccc([N+](=O)[O-])cc4C3=O)nn2)cc1. The van der Waals surface area contributed by atoms with Gasteiger partial charge in [-0.1, -0.05) is 5.21 Å². The molecule has 3 aromatic rings. The van der Waals surface area contributed by atoms with Crippen LogP contribution in [0.2, 0.25) is 0 Å². The lowest BCUT2D eigenvalue weighted by molar-refractivity contribution is -0.384. The molecule has 0 bridgehead atoms. The Kier molecular flexibility index (Phi) is 5.33. The Morgan fingerprint density at radius 1 is 1.12 bits per heavy atom. The number of non-ortho nitro benzene ring substituents is 1. The topological polar surface area (TPSA) is 150 Å². The van der Waals surface area contributed by atoms with E-state index in [0.29, 0.717) is 11.4 Å². The zero-order valence-corrected chi connectivity index (χ0v) is 16.7. The highest BCUT2D eigenvalue weighted by Gasteiger charge is 2.37. The molecule has 4 rings (SSSR count). The molecule has 1 aromatic heterocycles. The Labute approximate surface area is 180 Å². The quantitative estimate of drug-likeness (QED) is 0.334. The average molecular weight is 436 g/mol. The molecule has 0 unspecified atom stereocenters. The molecule has 0 radical (unpaired) electrons. The highest BCUT2D eigenvalue weighted by atomic mass is 16.6. The summed E-state index contributed by atoms with van der Waals surface area (Å²) < 4.78 is 6.34. The molecule has 2 aromatic carbocycles. The van der Waals surface area contributed by atoms with Crippen molar-refractivity contribution in [3.63, 3.8) is 0 Å². The second-order valence-electron chi connectivity index (χ2n) is 6.87. The summed E-state index contributed by atoms with van der Waals surface area (Å²) in [5.74, 6) is -0.918. The van der Waals surface area contributed by atoms with Crippen LogP contribution in [0, 0.1) is 10.1 Å². The largest absolute Gasteiger partial charge is 0.497 e. The summed E-state index contributed by atoms with van der Waals surface area (Å²) in [6, 6.07) is 10.3. The molecular weight excluding hydrogens is 420 g/mol. The van der Waals surface area contributed by atoms with Gasteiger partial charge in [0.15, 0.2) is 0 Å². The molecule has 12 heteroatoms. The number of carbonyl (C=O) groups excluding carboxylic acids is 3. The van der Waals surface area contributed by atoms with Gasteiger partial charge in [0.2, 0.25) is 5.91 Å². The number of ether oxygens (including phenoxy) is 1. The van der Waals surface area contributed by atoms with E-state index in [1.165, 1.54) is 23.0 Å². The van der Waals surface area contributed by atoms with Gasteiger partial charge in [0, 0.05) is 17.8 Å². The number of rotatable bonds is 7. The van der Waals surface area contributed by atoms with Crippen LogP contribution < -0.4 is 10.1 Å². The van der Waals surface area contributed by atoms with Gasteiger partial charge in [0.1, 0.15) is 18.0 Å². The van der Waals surface area contributed by atoms with E-state index in [2.05, 4.69) is 15.6 Å². The maximum absolute atomic E-state index is 12.6. The van der Waals surface area contributed by atoms with Crippen LogP contribution in [0.3, 0.4) is 0 Å². The summed E-state index contributed by atoms with van der Waals surface area (Å²) in [6.45, 7) is -0.312. The highest BCUT2D eigenvalue weighted by Crippen LogP contribution is 2.27. The fourth-order valence-electron chi connectivity index (χ4n) is 3.21. The Morgan fingerprint density at radius 3 is 2.53 bits per heavy atom. The number of nitro groups is 1. The van der Waals surface area contributed by atoms with Gasteiger partial charge in [-0.25, -0.2) is 4.68 Å². The molecule has 12 nitrogen and oxygen atoms in total. The van der Waals surface area contributed by atoms with E-state index in [-0.39, 0.29) is 41.5 Å². The Bertz CT molecular complexity index is 1240. The molecule has 0 spiro atoms. The lowest BCUT2D eigenvalue weighted by Crippen LogP contribution is -2.29. The number of benzene rings is 2. The van der Waals surface area contributed by atoms with E-state index in [0.717, 1.165) is 11.0 Å². The minimum absolute atomic E-state index is 0.0320. The number of anilines is 1. The monoisotopic (exact) mass is 436 g/mol. The molecular formula is C20H16N6O6. The minimum atomic E-state index is -0.652. The lowest BCUT2D eigenvalue weighted by atomic mass is 10.1. The molecule has 162 valence electrons. The van der Waals surface area contributed by atoms with Gasteiger partial charge in [-0.2, -0.15) is 0 Å². The molecule has 0 saturated carbocycles. The molecule has 1 aliphatic rings. The van der Waals surface area contributed by atoms with Crippen LogP contribution in [0.5, 0.6) is 5.75 Å². The van der Waals surface area contributed by atoms with Crippen LogP contribution in [0.15, 0.2) is 48.7 Å². The molecule has 0 fully saturated rings. The number of amides is 3. The van der Waals surface area contributed by atoms with Gasteiger partial charge in [0.05, 0.1) is 35.9 Å². The Balaban J connectivity index is 1.40. The molecule has 0 aliphatic carbocycles. The molecule has 1 N–H and O–H groups in total. The molecule has 2 heterocycles. The van der Waals surface area contributed by atoms with E-state index in [1.807, 2.05) is 0 Å². The minimum Gasteiger partial charge on any atom is -0.497 e. The number of methoxy groups -OCH3 is 1. The summed E-state index contributed by atoms with van der Waals surface area (Å²) in [4.78, 5) is 48.6. The number of hydrogen-bond acceptors (Lipinski definition) is 8. The number of imide groups is 1. The van der Waals surface area contributed by atoms with E-state index in [4.69, 9.17) is 4.74 Å². The van der Waals surface area contributed by atoms with Gasteiger partial charge in [0.25, 0.3) is 17.5 Å². The van der Waals surface area contributed by atoms with Crippen LogP contribution in [0.1, 0.15) is 26.4 Å². The normalized spacial score (nSPS) is 12.6. The average Bonchev–Trinajstić information content (AvgIpc) is 3.31. The van der Waals surface area contributed by atoms with Crippen molar-refractivity contribution in [1.29, 1.82) is 0 Å². The molecule has 32 heavy (non-hydrogen) atoms. The predicted octanol–water partition coefficient (Wildman–Crippen LogP) is 1.63. The highest BCUT2D eigenvalue weighted by molar-refractivity contribution is 6.21. The smallest absolute Gasteiger partial charge is 0.270 e. The number of nitrogens with one attached hydrogen (secondary N) is 1. The first kappa shape index (κ1) is 20.7. The number of nitrogens with zero attached hydrogens (tertiary/aromatic N) is 5. The maximum Gasteiger partial charge on any atom is 0.270 e. The first-order valence-corrected chi connectivity index (χ1v) is 9.33. The lowest BCUT2D eigenvalue weighted by Gasteiger charge is -2.11. The molecule has 0 saturated heterocycles. The zero-order chi connectivity index (χ0) is 22.8. The number of aromatic nitrogens is 3. The fourth-order valence-corrected chi connectivity index (χ4v) is 3.21. The third-order valence-corrected chi connectivity index (χ3v) is 4.75. The number of carbonyl (C=O) groups is 3. The van der Waals surface area contributed by atoms with Gasteiger partial charge in [-0.15, -0.1) is 5.10 Å². The second-order valence-corrected chi connectivity index (χ2v) is 6.87. The van der Waals surface area contributed by atoms with Crippen LogP contribution in [-0.4, -0.2) is 49.6 Å². The standard InChI is InChI=1S/C20H16N6O6/c1-32-15-5-2-12(3-6-15)21-18(27)11-24-9-13(22-23-24)10-25-19(28)16-7-4-14(26(30)31)8-17(16)20(25)29/h2-9H,10-11H2,1H3,(H,21,27). The Hall–Kier alpha value is -4.61. The molecule has 1 aliphatic heterocycles. The van der Waals surface area contributed by atoms with Gasteiger partial charge in [-0.05, 0) is 30.3 Å². The first-order chi connectivity index (χ1) is 15.4. The Morgan fingerprint density at radius 2 is 1.84 bits per heavy atom. The van der Waals surface area contributed by atoms with E-state index in [9.17, 15) is 24.5 Å². The first-order valence-electron chi connectivity index (χ1n) is 9.33. The van der Waals surface area contributed by atoms with Crippen molar-refractivity contribution < 1.29 is 24.0 Å². The summed E-state index contributed by atoms with van der Waals surface area (Å²) in [7, 11) is 1.54. The summed E-state index contributed by atoms with van der Waals surface area (Å²) >= 11 is 0.